The van der Waals surface area contributed by atoms with Crippen molar-refractivity contribution < 1.29 is 12.8 Å². The second-order valence-electron chi connectivity index (χ2n) is 6.68. The lowest BCUT2D eigenvalue weighted by Gasteiger charge is -2.21. The molecule has 0 amide bonds. The van der Waals surface area contributed by atoms with Crippen molar-refractivity contribution in [3.05, 3.63) is 59.5 Å². The molecule has 5 nitrogen and oxygen atoms in total. The quantitative estimate of drug-likeness (QED) is 0.717. The molecule has 3 aromatic rings. The Morgan fingerprint density at radius 3 is 2.56 bits per heavy atom. The van der Waals surface area contributed by atoms with E-state index < -0.39 is 15.8 Å². The van der Waals surface area contributed by atoms with Crippen LogP contribution < -0.4 is 5.32 Å². The van der Waals surface area contributed by atoms with Crippen LogP contribution in [-0.2, 0) is 10.0 Å². The summed E-state index contributed by atoms with van der Waals surface area (Å²) in [6, 6.07) is 11.0. The molecule has 0 atom stereocenters. The number of rotatable bonds is 3. The molecule has 0 bridgehead atoms. The number of fused-ring (bicyclic) bond motifs is 1. The molecule has 1 N–H and O–H groups in total. The van der Waals surface area contributed by atoms with Crippen molar-refractivity contribution in [1.82, 2.24) is 14.5 Å². The smallest absolute Gasteiger partial charge is 0.283 e. The van der Waals surface area contributed by atoms with Crippen LogP contribution in [0, 0.1) is 12.7 Å². The number of benzene rings is 2. The molecular formula is C19H21ClFN3O2S. The van der Waals surface area contributed by atoms with Crippen molar-refractivity contribution >= 4 is 33.3 Å². The highest BCUT2D eigenvalue weighted by Crippen LogP contribution is 2.33. The van der Waals surface area contributed by atoms with Crippen molar-refractivity contribution in [3.63, 3.8) is 0 Å². The van der Waals surface area contributed by atoms with E-state index in [0.717, 1.165) is 35.7 Å². The molecule has 2 heterocycles. The third kappa shape index (κ3) is 3.47. The van der Waals surface area contributed by atoms with E-state index in [4.69, 9.17) is 0 Å². The van der Waals surface area contributed by atoms with Crippen LogP contribution in [0.25, 0.3) is 10.9 Å². The third-order valence-electron chi connectivity index (χ3n) is 4.97. The molecule has 8 heteroatoms. The van der Waals surface area contributed by atoms with Gasteiger partial charge in [0.05, 0.1) is 16.1 Å². The first-order valence-electron chi connectivity index (χ1n) is 8.68. The predicted molar refractivity (Wildman–Crippen MR) is 106 cm³/mol. The SMILES string of the molecule is Cc1ccccc1S(=O)(=O)n1nc(C2CCNCC2)c2ccc(F)cc21.Cl. The number of nitrogens with zero attached hydrogens (tertiary/aromatic N) is 2. The standard InChI is InChI=1S/C19H20FN3O2S.ClH/c1-13-4-2-3-5-18(13)26(24,25)23-17-12-15(20)6-7-16(17)19(22-23)14-8-10-21-11-9-14;/h2-7,12,14,21H,8-11H2,1H3;1H. The highest BCUT2D eigenvalue weighted by molar-refractivity contribution is 7.90. The summed E-state index contributed by atoms with van der Waals surface area (Å²) in [6.45, 7) is 3.47. The van der Waals surface area contributed by atoms with E-state index in [1.54, 1.807) is 37.3 Å². The van der Waals surface area contributed by atoms with E-state index >= 15 is 0 Å². The summed E-state index contributed by atoms with van der Waals surface area (Å²) in [6.07, 6.45) is 1.77. The van der Waals surface area contributed by atoms with E-state index in [2.05, 4.69) is 10.4 Å². The first-order valence-corrected chi connectivity index (χ1v) is 10.1. The predicted octanol–water partition coefficient (Wildman–Crippen LogP) is 3.61. The van der Waals surface area contributed by atoms with Gasteiger partial charge < -0.3 is 5.32 Å². The van der Waals surface area contributed by atoms with Crippen LogP contribution in [0.2, 0.25) is 0 Å². The summed E-state index contributed by atoms with van der Waals surface area (Å²) in [5, 5.41) is 8.48. The van der Waals surface area contributed by atoms with Crippen LogP contribution in [0.1, 0.15) is 30.0 Å². The van der Waals surface area contributed by atoms with E-state index in [-0.39, 0.29) is 23.2 Å². The Hall–Kier alpha value is -1.96. The maximum atomic E-state index is 13.9. The van der Waals surface area contributed by atoms with Gasteiger partial charge in [-0.05, 0) is 56.6 Å². The molecule has 0 spiro atoms. The van der Waals surface area contributed by atoms with Gasteiger partial charge in [-0.15, -0.1) is 12.4 Å². The molecule has 1 aliphatic heterocycles. The zero-order valence-corrected chi connectivity index (χ0v) is 16.5. The maximum Gasteiger partial charge on any atom is 0.283 e. The van der Waals surface area contributed by atoms with Crippen LogP contribution in [-0.4, -0.2) is 30.7 Å². The summed E-state index contributed by atoms with van der Waals surface area (Å²) in [7, 11) is -3.91. The van der Waals surface area contributed by atoms with Crippen molar-refractivity contribution in [2.75, 3.05) is 13.1 Å². The fraction of sp³-hybridized carbons (Fsp3) is 0.316. The van der Waals surface area contributed by atoms with Gasteiger partial charge in [-0.2, -0.15) is 17.6 Å². The minimum Gasteiger partial charge on any atom is -0.317 e. The normalized spacial score (nSPS) is 15.6. The van der Waals surface area contributed by atoms with Crippen LogP contribution >= 0.6 is 12.4 Å². The van der Waals surface area contributed by atoms with Crippen LogP contribution in [0.3, 0.4) is 0 Å². The van der Waals surface area contributed by atoms with E-state index in [0.29, 0.717) is 16.5 Å². The summed E-state index contributed by atoms with van der Waals surface area (Å²) in [5.41, 5.74) is 1.66. The van der Waals surface area contributed by atoms with E-state index in [1.807, 2.05) is 0 Å². The molecule has 1 fully saturated rings. The second kappa shape index (κ2) is 7.58. The third-order valence-corrected chi connectivity index (χ3v) is 6.71. The minimum absolute atomic E-state index is 0. The van der Waals surface area contributed by atoms with Crippen LogP contribution in [0.4, 0.5) is 4.39 Å². The van der Waals surface area contributed by atoms with Crippen molar-refractivity contribution in [1.29, 1.82) is 0 Å². The number of hydrogen-bond donors (Lipinski definition) is 1. The summed E-state index contributed by atoms with van der Waals surface area (Å²) < 4.78 is 41.4. The molecule has 1 aromatic heterocycles. The number of aromatic nitrogens is 2. The number of aryl methyl sites for hydroxylation is 1. The Bertz CT molecular complexity index is 1080. The molecule has 4 rings (SSSR count). The molecule has 0 aliphatic carbocycles. The number of halogens is 2. The molecular weight excluding hydrogens is 389 g/mol. The Kier molecular flexibility index (Phi) is 5.55. The maximum absolute atomic E-state index is 13.9. The summed E-state index contributed by atoms with van der Waals surface area (Å²) >= 11 is 0. The fourth-order valence-corrected chi connectivity index (χ4v) is 5.12. The van der Waals surface area contributed by atoms with Gasteiger partial charge >= 0.3 is 0 Å². The number of hydrogen-bond acceptors (Lipinski definition) is 4. The second-order valence-corrected chi connectivity index (χ2v) is 8.42. The lowest BCUT2D eigenvalue weighted by atomic mass is 9.93. The lowest BCUT2D eigenvalue weighted by molar-refractivity contribution is 0.453. The Morgan fingerprint density at radius 2 is 1.85 bits per heavy atom. The molecule has 2 aromatic carbocycles. The fourth-order valence-electron chi connectivity index (χ4n) is 3.60. The Balaban J connectivity index is 0.00000210. The van der Waals surface area contributed by atoms with Crippen molar-refractivity contribution in [2.45, 2.75) is 30.6 Å². The van der Waals surface area contributed by atoms with E-state index in [1.165, 1.54) is 12.1 Å². The topological polar surface area (TPSA) is 64.0 Å². The van der Waals surface area contributed by atoms with Gasteiger partial charge in [0.15, 0.2) is 0 Å². The first-order chi connectivity index (χ1) is 12.5. The Labute approximate surface area is 164 Å². The molecule has 144 valence electrons. The Morgan fingerprint density at radius 1 is 1.15 bits per heavy atom. The minimum atomic E-state index is -3.91. The average molecular weight is 410 g/mol. The first kappa shape index (κ1) is 19.8. The number of nitrogens with one attached hydrogen (secondary N) is 1. The van der Waals surface area contributed by atoms with Gasteiger partial charge in [0.2, 0.25) is 0 Å². The van der Waals surface area contributed by atoms with Crippen LogP contribution in [0.15, 0.2) is 47.4 Å². The molecule has 0 saturated carbocycles. The summed E-state index contributed by atoms with van der Waals surface area (Å²) in [4.78, 5) is 0.186. The van der Waals surface area contributed by atoms with Crippen molar-refractivity contribution in [2.24, 2.45) is 0 Å². The molecule has 0 radical (unpaired) electrons. The lowest BCUT2D eigenvalue weighted by Crippen LogP contribution is -2.27. The monoisotopic (exact) mass is 409 g/mol. The number of piperidine rings is 1. The highest BCUT2D eigenvalue weighted by atomic mass is 35.5. The average Bonchev–Trinajstić information content (AvgIpc) is 3.02. The van der Waals surface area contributed by atoms with Gasteiger partial charge in [0.25, 0.3) is 10.0 Å². The highest BCUT2D eigenvalue weighted by Gasteiger charge is 2.28. The largest absolute Gasteiger partial charge is 0.317 e. The van der Waals surface area contributed by atoms with Gasteiger partial charge in [-0.3, -0.25) is 0 Å². The molecule has 1 saturated heterocycles. The van der Waals surface area contributed by atoms with Crippen molar-refractivity contribution in [3.8, 4) is 0 Å². The van der Waals surface area contributed by atoms with Gasteiger partial charge in [0.1, 0.15) is 5.82 Å². The van der Waals surface area contributed by atoms with E-state index in [9.17, 15) is 12.8 Å². The van der Waals surface area contributed by atoms with Gasteiger partial charge in [-0.1, -0.05) is 18.2 Å². The van der Waals surface area contributed by atoms with Crippen LogP contribution in [0.5, 0.6) is 0 Å². The zero-order chi connectivity index (χ0) is 18.3. The molecule has 27 heavy (non-hydrogen) atoms. The van der Waals surface area contributed by atoms with Gasteiger partial charge in [0, 0.05) is 17.4 Å². The molecule has 1 aliphatic rings. The summed E-state index contributed by atoms with van der Waals surface area (Å²) in [5.74, 6) is -0.312. The molecule has 0 unspecified atom stereocenters. The van der Waals surface area contributed by atoms with Gasteiger partial charge in [-0.25, -0.2) is 4.39 Å². The zero-order valence-electron chi connectivity index (χ0n) is 14.9.